The second-order valence-corrected chi connectivity index (χ2v) is 17.4. The first kappa shape index (κ1) is 45.8. The molecule has 0 saturated carbocycles. The summed E-state index contributed by atoms with van der Waals surface area (Å²) in [6, 6.07) is 1.56. The van der Waals surface area contributed by atoms with Crippen LogP contribution in [0.1, 0.15) is 70.3 Å². The van der Waals surface area contributed by atoms with Crippen LogP contribution in [0, 0.1) is 24.7 Å². The van der Waals surface area contributed by atoms with Gasteiger partial charge in [0.1, 0.15) is 40.4 Å². The number of anilines is 3. The van der Waals surface area contributed by atoms with E-state index in [4.69, 9.17) is 28.3 Å². The number of carbonyl (C=O) groups is 3. The van der Waals surface area contributed by atoms with Crippen LogP contribution in [0.5, 0.6) is 17.2 Å². The number of nitrogens with zero attached hydrogens (tertiary/aromatic N) is 3. The zero-order chi connectivity index (χ0) is 46.7. The number of ketones is 1. The molecule has 1 aliphatic carbocycles. The average Bonchev–Trinajstić information content (AvgIpc) is 3.43. The normalized spacial score (nSPS) is 28.9. The molecule has 2 aromatic carbocycles. The van der Waals surface area contributed by atoms with Gasteiger partial charge in [0.05, 0.1) is 41.2 Å². The van der Waals surface area contributed by atoms with Gasteiger partial charge in [-0.2, -0.15) is 0 Å². The average molecular weight is 885 g/mol. The van der Waals surface area contributed by atoms with Crippen LogP contribution in [-0.2, 0) is 23.8 Å². The summed E-state index contributed by atoms with van der Waals surface area (Å²) in [6.07, 6.45) is 4.36. The SMILES string of the molecule is CO[C@H]1/C=C/O[C@@]2(C)Oc3c(C)c(O)c4c(=O)c(c5oc6c7c(cc(O)c6nc-5c4c3C2=O)N(C)CCCN7C)NC(=O)/C(C)=C\C=C\[C@H](C)[C@H](O)[C@@H](C)[C@@H](O)[C@@H](C)[C@H](OC(C)=O)C1. The van der Waals surface area contributed by atoms with Gasteiger partial charge in [0.25, 0.3) is 11.7 Å². The topological polar surface area (TPSA) is 231 Å². The highest BCUT2D eigenvalue weighted by Crippen LogP contribution is 2.52. The minimum Gasteiger partial charge on any atom is -0.507 e. The highest BCUT2D eigenvalue weighted by molar-refractivity contribution is 6.22. The smallest absolute Gasteiger partial charge is 0.312 e. The molecule has 342 valence electrons. The Labute approximate surface area is 369 Å². The fraction of sp³-hybridized carbons (Fsp3) is 0.468. The lowest BCUT2D eigenvalue weighted by Crippen LogP contribution is -2.43. The summed E-state index contributed by atoms with van der Waals surface area (Å²) >= 11 is 0. The molecule has 0 aromatic heterocycles. The van der Waals surface area contributed by atoms with E-state index in [1.807, 2.05) is 23.9 Å². The van der Waals surface area contributed by atoms with Crippen molar-refractivity contribution in [3.8, 4) is 28.7 Å². The molecule has 0 fully saturated rings. The Morgan fingerprint density at radius 3 is 2.39 bits per heavy atom. The number of hydrogen-bond acceptors (Lipinski definition) is 16. The first-order valence-electron chi connectivity index (χ1n) is 21.3. The highest BCUT2D eigenvalue weighted by Gasteiger charge is 2.50. The molecule has 8 atom stereocenters. The number of fused-ring (bicyclic) bond motifs is 4. The lowest BCUT2D eigenvalue weighted by Gasteiger charge is -2.35. The third-order valence-electron chi connectivity index (χ3n) is 12.9. The Kier molecular flexibility index (Phi) is 12.5. The van der Waals surface area contributed by atoms with Crippen molar-refractivity contribution in [3.05, 3.63) is 63.6 Å². The van der Waals surface area contributed by atoms with Crippen LogP contribution >= 0.6 is 0 Å². The van der Waals surface area contributed by atoms with Crippen molar-refractivity contribution in [2.45, 2.75) is 91.5 Å². The predicted molar refractivity (Wildman–Crippen MR) is 239 cm³/mol. The molecule has 0 radical (unpaired) electrons. The van der Waals surface area contributed by atoms with Gasteiger partial charge in [-0.3, -0.25) is 19.2 Å². The van der Waals surface area contributed by atoms with E-state index in [1.165, 1.54) is 53.2 Å². The third kappa shape index (κ3) is 7.89. The lowest BCUT2D eigenvalue weighted by atomic mass is 9.81. The van der Waals surface area contributed by atoms with Crippen LogP contribution in [0.2, 0.25) is 0 Å². The molecule has 4 bridgehead atoms. The largest absolute Gasteiger partial charge is 0.507 e. The van der Waals surface area contributed by atoms with Crippen molar-refractivity contribution >= 4 is 56.6 Å². The van der Waals surface area contributed by atoms with Crippen molar-refractivity contribution in [3.63, 3.8) is 0 Å². The number of aliphatic hydroxyl groups excluding tert-OH is 2. The fourth-order valence-corrected chi connectivity index (χ4v) is 8.91. The van der Waals surface area contributed by atoms with E-state index >= 15 is 0 Å². The van der Waals surface area contributed by atoms with Gasteiger partial charge in [-0.25, -0.2) is 4.98 Å². The number of allylic oxidation sites excluding steroid dienone is 2. The minimum atomic E-state index is -2.07. The number of phenols is 2. The quantitative estimate of drug-likeness (QED) is 0.0926. The summed E-state index contributed by atoms with van der Waals surface area (Å²) in [5.41, 5.74) is -0.0905. The molecular formula is C47H56N4O13. The molecule has 1 amide bonds. The summed E-state index contributed by atoms with van der Waals surface area (Å²) in [5.74, 6) is -7.19. The van der Waals surface area contributed by atoms with Crippen LogP contribution in [-0.4, -0.2) is 108 Å². The number of benzene rings is 3. The first-order chi connectivity index (χ1) is 30.2. The molecule has 2 aromatic rings. The maximum Gasteiger partial charge on any atom is 0.312 e. The number of amides is 1. The maximum absolute atomic E-state index is 14.9. The van der Waals surface area contributed by atoms with E-state index in [0.717, 1.165) is 6.42 Å². The molecule has 0 saturated heterocycles. The summed E-state index contributed by atoms with van der Waals surface area (Å²) in [5, 5.41) is 48.4. The van der Waals surface area contributed by atoms with Gasteiger partial charge >= 0.3 is 11.8 Å². The fourth-order valence-electron chi connectivity index (χ4n) is 8.91. The van der Waals surface area contributed by atoms with Gasteiger partial charge in [0.2, 0.25) is 5.43 Å². The van der Waals surface area contributed by atoms with Gasteiger partial charge in [0, 0.05) is 94.9 Å². The summed E-state index contributed by atoms with van der Waals surface area (Å²) in [6.45, 7) is 12.0. The second-order valence-electron chi connectivity index (χ2n) is 17.4. The van der Waals surface area contributed by atoms with E-state index in [1.54, 1.807) is 39.0 Å². The van der Waals surface area contributed by atoms with Gasteiger partial charge in [-0.1, -0.05) is 39.0 Å². The number of aromatic hydroxyl groups is 2. The lowest BCUT2D eigenvalue weighted by molar-refractivity contribution is -0.155. The van der Waals surface area contributed by atoms with Crippen LogP contribution in [0.25, 0.3) is 33.3 Å². The molecule has 5 N–H and O–H groups in total. The molecule has 17 heteroatoms. The van der Waals surface area contributed by atoms with Crippen LogP contribution in [0.3, 0.4) is 0 Å². The Balaban J connectivity index is 1.49. The van der Waals surface area contributed by atoms with Gasteiger partial charge < -0.3 is 58.9 Å². The monoisotopic (exact) mass is 884 g/mol. The van der Waals surface area contributed by atoms with Gasteiger partial charge in [0.15, 0.2) is 16.9 Å². The van der Waals surface area contributed by atoms with Gasteiger partial charge in [-0.15, -0.1) is 0 Å². The van der Waals surface area contributed by atoms with Crippen molar-refractivity contribution in [1.82, 2.24) is 4.98 Å². The summed E-state index contributed by atoms with van der Waals surface area (Å²) in [4.78, 5) is 64.7. The molecule has 4 heterocycles. The number of hydrogen-bond donors (Lipinski definition) is 5. The minimum absolute atomic E-state index is 0.00718. The van der Waals surface area contributed by atoms with Crippen LogP contribution in [0.15, 0.2) is 51.4 Å². The highest BCUT2D eigenvalue weighted by atomic mass is 16.7. The van der Waals surface area contributed by atoms with Crippen molar-refractivity contribution in [1.29, 1.82) is 0 Å². The number of aromatic nitrogens is 1. The first-order valence-corrected chi connectivity index (χ1v) is 21.3. The number of nitrogens with one attached hydrogen (secondary N) is 1. The van der Waals surface area contributed by atoms with Crippen LogP contribution < -0.4 is 25.3 Å². The Bertz CT molecular complexity index is 2670. The van der Waals surface area contributed by atoms with E-state index in [-0.39, 0.29) is 73.6 Å². The maximum atomic E-state index is 14.9. The second kappa shape index (κ2) is 17.4. The van der Waals surface area contributed by atoms with E-state index < -0.39 is 76.8 Å². The number of methoxy groups -OCH3 is 1. The Morgan fingerprint density at radius 1 is 1.00 bits per heavy atom. The Hall–Kier alpha value is -6.17. The molecule has 0 unspecified atom stereocenters. The van der Waals surface area contributed by atoms with E-state index in [2.05, 4.69) is 5.32 Å². The van der Waals surface area contributed by atoms with Crippen LogP contribution in [0.4, 0.5) is 17.1 Å². The molecule has 4 aliphatic heterocycles. The number of carbonyl (C=O) groups excluding carboxylic acids is 3. The number of aliphatic hydroxyl groups is 2. The van der Waals surface area contributed by atoms with Crippen molar-refractivity contribution in [2.24, 2.45) is 17.8 Å². The molecule has 17 nitrogen and oxygen atoms in total. The number of phenolic OH excluding ortho intramolecular Hbond substituents is 2. The van der Waals surface area contributed by atoms with E-state index in [9.17, 15) is 39.6 Å². The molecule has 0 spiro atoms. The standard InChI is InChI=1S/C47H56N4O13/c1-21-13-11-14-22(2)46(59)49-36-41(57)32-31(35-43(36)63-44-34(48-35)29(53)20-28-37(44)51(9)17-12-16-50(28)8)33-42(25(5)40(32)56)64-47(7,45(33)58)61-18-15-27(60-10)19-30(62-26(6)52)23(3)39(55)24(4)38(21)54/h11,13-15,18,20-21,23-24,27,30,38-39,53-56H,12,16-17,19H2,1-10H3,(H,49,59)/b13-11+,18-15+,22-14-/t21-,23-,24+,27-,30+,38-,39-,47-/m0/s1. The summed E-state index contributed by atoms with van der Waals surface area (Å²) < 4.78 is 30.3. The zero-order valence-corrected chi connectivity index (χ0v) is 37.6. The molecular weight excluding hydrogens is 829 g/mol. The van der Waals surface area contributed by atoms with Gasteiger partial charge in [-0.05, 0) is 26.3 Å². The third-order valence-corrected chi connectivity index (χ3v) is 12.9. The number of ether oxygens (including phenoxy) is 4. The number of esters is 1. The molecule has 5 aliphatic rings. The summed E-state index contributed by atoms with van der Waals surface area (Å²) in [7, 11) is 5.16. The van der Waals surface area contributed by atoms with Crippen molar-refractivity contribution in [2.75, 3.05) is 49.4 Å². The Morgan fingerprint density at radius 2 is 1.70 bits per heavy atom. The molecule has 64 heavy (non-hydrogen) atoms. The van der Waals surface area contributed by atoms with Crippen molar-refractivity contribution < 1.29 is 58.2 Å². The number of Topliss-reactive ketones (excluding diaryl/α,β-unsaturated/α-hetero) is 1. The zero-order valence-electron chi connectivity index (χ0n) is 37.6. The van der Waals surface area contributed by atoms with E-state index in [0.29, 0.717) is 24.5 Å². The predicted octanol–water partition coefficient (Wildman–Crippen LogP) is 5.68. The molecule has 7 rings (SSSR count). The number of rotatable bonds is 2.